The van der Waals surface area contributed by atoms with Crippen LogP contribution in [0.5, 0.6) is 0 Å². The molecular formula is C7H18O2Si. The third-order valence-electron chi connectivity index (χ3n) is 1.23. The predicted molar refractivity (Wildman–Crippen MR) is 46.1 cm³/mol. The van der Waals surface area contributed by atoms with Gasteiger partial charge >= 0.3 is 0 Å². The first-order valence-corrected chi connectivity index (χ1v) is 7.45. The molecule has 1 N–H and O–H groups in total. The molecular weight excluding hydrogens is 144 g/mol. The summed E-state index contributed by atoms with van der Waals surface area (Å²) in [4.78, 5) is 0. The summed E-state index contributed by atoms with van der Waals surface area (Å²) in [7, 11) is -0.914. The third-order valence-corrected chi connectivity index (χ3v) is 2.94. The first kappa shape index (κ1) is 10.1. The number of ether oxygens (including phenoxy) is 1. The van der Waals surface area contributed by atoms with Crippen LogP contribution in [0.15, 0.2) is 0 Å². The van der Waals surface area contributed by atoms with Crippen LogP contribution in [0.4, 0.5) is 0 Å². The van der Waals surface area contributed by atoms with Gasteiger partial charge in [0.15, 0.2) is 0 Å². The lowest BCUT2D eigenvalue weighted by Gasteiger charge is -2.14. The minimum atomic E-state index is -0.914. The molecule has 0 aliphatic carbocycles. The number of rotatable bonds is 5. The first-order chi connectivity index (χ1) is 4.56. The fourth-order valence-corrected chi connectivity index (χ4v) is 1.30. The summed E-state index contributed by atoms with van der Waals surface area (Å²) >= 11 is 0. The fraction of sp³-hybridized carbons (Fsp3) is 1.00. The molecule has 0 unspecified atom stereocenters. The highest BCUT2D eigenvalue weighted by Crippen LogP contribution is 2.06. The van der Waals surface area contributed by atoms with Crippen molar-refractivity contribution in [3.63, 3.8) is 0 Å². The molecule has 0 amide bonds. The Morgan fingerprint density at radius 3 is 2.20 bits per heavy atom. The zero-order chi connectivity index (χ0) is 8.04. The van der Waals surface area contributed by atoms with Crippen LogP contribution in [0.25, 0.3) is 0 Å². The molecule has 0 atom stereocenters. The second-order valence-electron chi connectivity index (χ2n) is 3.65. The van der Waals surface area contributed by atoms with Crippen LogP contribution in [0, 0.1) is 0 Å². The Morgan fingerprint density at radius 1 is 1.20 bits per heavy atom. The van der Waals surface area contributed by atoms with E-state index in [2.05, 4.69) is 19.6 Å². The molecule has 0 saturated carbocycles. The molecule has 2 nitrogen and oxygen atoms in total. The van der Waals surface area contributed by atoms with Gasteiger partial charge in [0, 0.05) is 14.7 Å². The Hall–Kier alpha value is 0.137. The summed E-state index contributed by atoms with van der Waals surface area (Å²) < 4.78 is 5.14. The van der Waals surface area contributed by atoms with Crippen LogP contribution >= 0.6 is 0 Å². The average molecular weight is 162 g/mol. The van der Waals surface area contributed by atoms with E-state index in [1.54, 1.807) is 0 Å². The highest BCUT2D eigenvalue weighted by Gasteiger charge is 2.11. The lowest BCUT2D eigenvalue weighted by atomic mass is 10.7. The summed E-state index contributed by atoms with van der Waals surface area (Å²) in [6.45, 7) is 8.40. The van der Waals surface area contributed by atoms with Crippen molar-refractivity contribution < 1.29 is 9.84 Å². The van der Waals surface area contributed by atoms with Gasteiger partial charge in [-0.25, -0.2) is 0 Å². The van der Waals surface area contributed by atoms with Crippen molar-refractivity contribution in [2.75, 3.05) is 19.8 Å². The fourth-order valence-electron chi connectivity index (χ4n) is 0.545. The summed E-state index contributed by atoms with van der Waals surface area (Å²) in [6.07, 6.45) is 0. The van der Waals surface area contributed by atoms with E-state index < -0.39 is 8.07 Å². The van der Waals surface area contributed by atoms with Crippen LogP contribution < -0.4 is 0 Å². The highest BCUT2D eigenvalue weighted by molar-refractivity contribution is 6.76. The van der Waals surface area contributed by atoms with Gasteiger partial charge in [-0.1, -0.05) is 19.6 Å². The van der Waals surface area contributed by atoms with Crippen LogP contribution in [0.2, 0.25) is 25.7 Å². The van der Waals surface area contributed by atoms with Crippen molar-refractivity contribution in [3.05, 3.63) is 0 Å². The normalized spacial score (nSPS) is 12.0. The van der Waals surface area contributed by atoms with Crippen LogP contribution in [0.1, 0.15) is 0 Å². The predicted octanol–water partition coefficient (Wildman–Crippen LogP) is 1.33. The maximum atomic E-state index is 8.38. The van der Waals surface area contributed by atoms with Gasteiger partial charge < -0.3 is 9.84 Å². The van der Waals surface area contributed by atoms with Gasteiger partial charge in [-0.3, -0.25) is 0 Å². The summed E-state index contributed by atoms with van der Waals surface area (Å²) in [5.41, 5.74) is 0. The van der Waals surface area contributed by atoms with E-state index in [1.807, 2.05) is 0 Å². The molecule has 0 spiro atoms. The van der Waals surface area contributed by atoms with Gasteiger partial charge in [0.2, 0.25) is 0 Å². The van der Waals surface area contributed by atoms with Crippen molar-refractivity contribution in [1.29, 1.82) is 0 Å². The second kappa shape index (κ2) is 4.88. The van der Waals surface area contributed by atoms with Gasteiger partial charge in [0.05, 0.1) is 13.2 Å². The molecule has 0 heterocycles. The molecule has 10 heavy (non-hydrogen) atoms. The topological polar surface area (TPSA) is 29.5 Å². The van der Waals surface area contributed by atoms with E-state index in [0.717, 1.165) is 6.61 Å². The lowest BCUT2D eigenvalue weighted by molar-refractivity contribution is 0.101. The molecule has 0 aromatic rings. The largest absolute Gasteiger partial charge is 0.394 e. The minimum absolute atomic E-state index is 0.145. The minimum Gasteiger partial charge on any atom is -0.394 e. The zero-order valence-electron chi connectivity index (χ0n) is 7.18. The van der Waals surface area contributed by atoms with Crippen LogP contribution in [-0.4, -0.2) is 33.0 Å². The molecule has 0 aliphatic heterocycles. The van der Waals surface area contributed by atoms with E-state index in [1.165, 1.54) is 6.04 Å². The molecule has 0 rings (SSSR count). The van der Waals surface area contributed by atoms with Gasteiger partial charge in [-0.05, 0) is 6.04 Å². The van der Waals surface area contributed by atoms with E-state index in [4.69, 9.17) is 9.84 Å². The maximum absolute atomic E-state index is 8.38. The Kier molecular flexibility index (Phi) is 4.94. The lowest BCUT2D eigenvalue weighted by Crippen LogP contribution is -2.22. The smallest absolute Gasteiger partial charge is 0.0697 e. The van der Waals surface area contributed by atoms with Crippen LogP contribution in [0.3, 0.4) is 0 Å². The summed E-state index contributed by atoms with van der Waals surface area (Å²) in [6, 6.07) is 1.19. The number of hydrogen-bond donors (Lipinski definition) is 1. The molecule has 0 saturated heterocycles. The average Bonchev–Trinajstić information content (AvgIpc) is 1.78. The number of aliphatic hydroxyl groups is 1. The molecule has 0 bridgehead atoms. The van der Waals surface area contributed by atoms with Gasteiger partial charge in [-0.2, -0.15) is 0 Å². The molecule has 0 fully saturated rings. The molecule has 0 aliphatic rings. The standard InChI is InChI=1S/C7H18O2Si/c1-10(2,3)7-6-9-5-4-8/h8H,4-7H2,1-3H3. The van der Waals surface area contributed by atoms with E-state index in [0.29, 0.717) is 6.61 Å². The van der Waals surface area contributed by atoms with Crippen LogP contribution in [-0.2, 0) is 4.74 Å². The van der Waals surface area contributed by atoms with Crippen molar-refractivity contribution in [2.24, 2.45) is 0 Å². The highest BCUT2D eigenvalue weighted by atomic mass is 28.3. The van der Waals surface area contributed by atoms with E-state index >= 15 is 0 Å². The van der Waals surface area contributed by atoms with Crippen molar-refractivity contribution in [1.82, 2.24) is 0 Å². The van der Waals surface area contributed by atoms with Crippen molar-refractivity contribution in [3.8, 4) is 0 Å². The van der Waals surface area contributed by atoms with Crippen molar-refractivity contribution in [2.45, 2.75) is 25.7 Å². The molecule has 0 radical (unpaired) electrons. The molecule has 3 heteroatoms. The quantitative estimate of drug-likeness (QED) is 0.488. The number of aliphatic hydroxyl groups excluding tert-OH is 1. The van der Waals surface area contributed by atoms with E-state index in [9.17, 15) is 0 Å². The van der Waals surface area contributed by atoms with E-state index in [-0.39, 0.29) is 6.61 Å². The number of hydrogen-bond acceptors (Lipinski definition) is 2. The Morgan fingerprint density at radius 2 is 1.80 bits per heavy atom. The monoisotopic (exact) mass is 162 g/mol. The Bertz CT molecular complexity index is 78.2. The third kappa shape index (κ3) is 8.14. The molecule has 0 aromatic carbocycles. The van der Waals surface area contributed by atoms with Crippen molar-refractivity contribution >= 4 is 8.07 Å². The first-order valence-electron chi connectivity index (χ1n) is 3.75. The summed E-state index contributed by atoms with van der Waals surface area (Å²) in [5, 5.41) is 8.38. The molecule has 0 aromatic heterocycles. The molecule has 62 valence electrons. The maximum Gasteiger partial charge on any atom is 0.0697 e. The SMILES string of the molecule is C[Si](C)(C)CCOCCO. The second-order valence-corrected chi connectivity index (χ2v) is 9.27. The Balaban J connectivity index is 3.04. The van der Waals surface area contributed by atoms with Gasteiger partial charge in [0.1, 0.15) is 0 Å². The Labute approximate surface area is 64.2 Å². The zero-order valence-corrected chi connectivity index (χ0v) is 8.18. The summed E-state index contributed by atoms with van der Waals surface area (Å²) in [5.74, 6) is 0. The van der Waals surface area contributed by atoms with Gasteiger partial charge in [-0.15, -0.1) is 0 Å². The van der Waals surface area contributed by atoms with Gasteiger partial charge in [0.25, 0.3) is 0 Å².